The number of rotatable bonds is 2. The molecule has 8 saturated carbocycles. The average molecular weight is 429 g/mol. The Bertz CT molecular complexity index is 1060. The van der Waals surface area contributed by atoms with Gasteiger partial charge in [0, 0.05) is 11.5 Å². The summed E-state index contributed by atoms with van der Waals surface area (Å²) in [6.07, 6.45) is 16.9. The Labute approximate surface area is 191 Å². The second-order valence-electron chi connectivity index (χ2n) is 13.4. The van der Waals surface area contributed by atoms with E-state index in [4.69, 9.17) is 0 Å². The molecule has 0 spiro atoms. The van der Waals surface area contributed by atoms with Crippen LogP contribution in [-0.2, 0) is 10.8 Å². The van der Waals surface area contributed by atoms with Crippen LogP contribution in [-0.4, -0.2) is 10.2 Å². The summed E-state index contributed by atoms with van der Waals surface area (Å²) in [6.45, 7) is 0. The molecule has 10 rings (SSSR count). The van der Waals surface area contributed by atoms with E-state index in [-0.39, 0.29) is 16.9 Å². The fraction of sp³-hybridized carbons (Fsp3) is 0.667. The highest BCUT2D eigenvalue weighted by atomic mass is 16.3. The van der Waals surface area contributed by atoms with E-state index in [1.165, 1.54) is 88.5 Å². The van der Waals surface area contributed by atoms with E-state index < -0.39 is 0 Å². The fourth-order valence-electron chi connectivity index (χ4n) is 11.3. The average Bonchev–Trinajstić information content (AvgIpc) is 2.71. The van der Waals surface area contributed by atoms with Crippen molar-refractivity contribution in [3.05, 3.63) is 35.4 Å². The van der Waals surface area contributed by atoms with Crippen LogP contribution in [0.15, 0.2) is 24.3 Å². The van der Waals surface area contributed by atoms with Crippen molar-refractivity contribution in [2.45, 2.75) is 87.9 Å². The largest absolute Gasteiger partial charge is 0.508 e. The monoisotopic (exact) mass is 428 g/mol. The molecule has 8 fully saturated rings. The van der Waals surface area contributed by atoms with Gasteiger partial charge in [0.2, 0.25) is 0 Å². The summed E-state index contributed by atoms with van der Waals surface area (Å²) >= 11 is 0. The van der Waals surface area contributed by atoms with Crippen LogP contribution in [0.4, 0.5) is 0 Å². The van der Waals surface area contributed by atoms with Crippen molar-refractivity contribution in [1.29, 1.82) is 0 Å². The number of hydrogen-bond donors (Lipinski definition) is 2. The topological polar surface area (TPSA) is 40.5 Å². The van der Waals surface area contributed by atoms with Gasteiger partial charge in [-0.3, -0.25) is 0 Å². The van der Waals surface area contributed by atoms with Crippen molar-refractivity contribution in [1.82, 2.24) is 0 Å². The third-order valence-electron chi connectivity index (χ3n) is 11.3. The van der Waals surface area contributed by atoms with Gasteiger partial charge < -0.3 is 10.2 Å². The molecule has 0 unspecified atom stereocenters. The fourth-order valence-corrected chi connectivity index (χ4v) is 11.3. The molecule has 8 aliphatic rings. The van der Waals surface area contributed by atoms with Crippen molar-refractivity contribution in [3.8, 4) is 11.5 Å². The Kier molecular flexibility index (Phi) is 3.53. The summed E-state index contributed by atoms with van der Waals surface area (Å²) in [6, 6.07) is 8.20. The van der Waals surface area contributed by atoms with E-state index >= 15 is 0 Å². The molecular formula is C30H36O2. The SMILES string of the molecule is Oc1cc(O)c2ccc(C34CC5CC(CC(C5)C3)C4)c(C34CC5CC(CC(C5)C3)C4)c2c1. The summed E-state index contributed by atoms with van der Waals surface area (Å²) in [5.74, 6) is 5.95. The molecule has 32 heavy (non-hydrogen) atoms. The van der Waals surface area contributed by atoms with Crippen LogP contribution in [0.5, 0.6) is 11.5 Å². The van der Waals surface area contributed by atoms with Gasteiger partial charge in [0.1, 0.15) is 11.5 Å². The van der Waals surface area contributed by atoms with Crippen LogP contribution in [0.2, 0.25) is 0 Å². The smallest absolute Gasteiger partial charge is 0.127 e. The standard InChI is InChI=1S/C30H36O2/c31-23-9-25-24(27(32)10-23)1-2-26(29-11-17-3-18(12-29)5-19(4-17)13-29)28(25)30-14-20-6-21(15-30)8-22(7-20)16-30/h1-2,9-10,17-22,31-32H,3-8,11-16H2. The molecule has 0 heterocycles. The second-order valence-corrected chi connectivity index (χ2v) is 13.4. The molecule has 0 amide bonds. The Morgan fingerprint density at radius 1 is 0.562 bits per heavy atom. The number of benzene rings is 2. The normalized spacial score (nSPS) is 45.8. The van der Waals surface area contributed by atoms with Crippen molar-refractivity contribution in [2.24, 2.45) is 35.5 Å². The summed E-state index contributed by atoms with van der Waals surface area (Å²) in [5.41, 5.74) is 3.86. The Hall–Kier alpha value is -1.70. The highest BCUT2D eigenvalue weighted by Crippen LogP contribution is 2.66. The molecular weight excluding hydrogens is 392 g/mol. The number of hydrogen-bond acceptors (Lipinski definition) is 2. The van der Waals surface area contributed by atoms with Gasteiger partial charge in [0.15, 0.2) is 0 Å². The van der Waals surface area contributed by atoms with Gasteiger partial charge >= 0.3 is 0 Å². The molecule has 8 aliphatic carbocycles. The first-order valence-corrected chi connectivity index (χ1v) is 13.5. The third-order valence-corrected chi connectivity index (χ3v) is 11.3. The molecule has 0 aliphatic heterocycles. The van der Waals surface area contributed by atoms with Crippen LogP contribution in [0.25, 0.3) is 10.8 Å². The van der Waals surface area contributed by atoms with E-state index in [0.29, 0.717) is 5.41 Å². The van der Waals surface area contributed by atoms with Gasteiger partial charge in [0.05, 0.1) is 0 Å². The van der Waals surface area contributed by atoms with E-state index in [2.05, 4.69) is 12.1 Å². The van der Waals surface area contributed by atoms with E-state index in [1.807, 2.05) is 6.07 Å². The molecule has 8 bridgehead atoms. The first-order chi connectivity index (χ1) is 15.5. The molecule has 2 nitrogen and oxygen atoms in total. The van der Waals surface area contributed by atoms with Crippen LogP contribution in [0, 0.1) is 35.5 Å². The lowest BCUT2D eigenvalue weighted by atomic mass is 9.44. The van der Waals surface area contributed by atoms with Gasteiger partial charge in [-0.25, -0.2) is 0 Å². The minimum atomic E-state index is 0.226. The van der Waals surface area contributed by atoms with Crippen LogP contribution in [0.1, 0.15) is 88.2 Å². The van der Waals surface area contributed by atoms with Gasteiger partial charge in [-0.1, -0.05) is 12.1 Å². The summed E-state index contributed by atoms with van der Waals surface area (Å²) in [4.78, 5) is 0. The lowest BCUT2D eigenvalue weighted by molar-refractivity contribution is -0.0168. The molecule has 0 radical (unpaired) electrons. The quantitative estimate of drug-likeness (QED) is 0.531. The van der Waals surface area contributed by atoms with Crippen LogP contribution >= 0.6 is 0 Å². The van der Waals surface area contributed by atoms with Gasteiger partial charge in [-0.2, -0.15) is 0 Å². The summed E-state index contributed by atoms with van der Waals surface area (Å²) in [5, 5.41) is 23.5. The zero-order valence-corrected chi connectivity index (χ0v) is 19.2. The molecule has 168 valence electrons. The Balaban J connectivity index is 1.40. The minimum Gasteiger partial charge on any atom is -0.508 e. The number of fused-ring (bicyclic) bond motifs is 1. The predicted molar refractivity (Wildman–Crippen MR) is 127 cm³/mol. The molecule has 2 heteroatoms. The van der Waals surface area contributed by atoms with Crippen LogP contribution in [0.3, 0.4) is 0 Å². The highest BCUT2D eigenvalue weighted by Gasteiger charge is 2.57. The molecule has 2 aromatic carbocycles. The third kappa shape index (κ3) is 2.42. The Morgan fingerprint density at radius 3 is 1.53 bits per heavy atom. The lowest BCUT2D eigenvalue weighted by Crippen LogP contribution is -2.52. The van der Waals surface area contributed by atoms with E-state index in [1.54, 1.807) is 11.1 Å². The molecule has 0 saturated heterocycles. The van der Waals surface area contributed by atoms with Gasteiger partial charge in [-0.15, -0.1) is 0 Å². The van der Waals surface area contributed by atoms with Crippen molar-refractivity contribution in [2.75, 3.05) is 0 Å². The van der Waals surface area contributed by atoms with E-state index in [9.17, 15) is 10.2 Å². The van der Waals surface area contributed by atoms with Gasteiger partial charge in [-0.05, 0) is 146 Å². The maximum atomic E-state index is 10.8. The van der Waals surface area contributed by atoms with Crippen molar-refractivity contribution in [3.63, 3.8) is 0 Å². The van der Waals surface area contributed by atoms with Crippen molar-refractivity contribution < 1.29 is 10.2 Å². The van der Waals surface area contributed by atoms with Gasteiger partial charge in [0.25, 0.3) is 0 Å². The molecule has 0 atom stereocenters. The lowest BCUT2D eigenvalue weighted by Gasteiger charge is -2.61. The molecule has 0 aromatic heterocycles. The number of aromatic hydroxyl groups is 2. The number of phenolic OH excluding ortho intramolecular Hbond substituents is 2. The van der Waals surface area contributed by atoms with Crippen molar-refractivity contribution >= 4 is 10.8 Å². The zero-order chi connectivity index (χ0) is 21.2. The highest BCUT2D eigenvalue weighted by molar-refractivity contribution is 5.94. The summed E-state index contributed by atoms with van der Waals surface area (Å²) < 4.78 is 0. The first kappa shape index (κ1) is 18.7. The molecule has 2 aromatic rings. The van der Waals surface area contributed by atoms with Crippen LogP contribution < -0.4 is 0 Å². The molecule has 2 N–H and O–H groups in total. The second kappa shape index (κ2) is 6.05. The minimum absolute atomic E-state index is 0.226. The first-order valence-electron chi connectivity index (χ1n) is 13.5. The maximum absolute atomic E-state index is 10.8. The maximum Gasteiger partial charge on any atom is 0.127 e. The zero-order valence-electron chi connectivity index (χ0n) is 19.2. The Morgan fingerprint density at radius 2 is 1.03 bits per heavy atom. The predicted octanol–water partition coefficient (Wildman–Crippen LogP) is 7.19. The number of phenols is 2. The summed E-state index contributed by atoms with van der Waals surface area (Å²) in [7, 11) is 0. The van der Waals surface area contributed by atoms with E-state index in [0.717, 1.165) is 40.9 Å².